The molecule has 0 saturated heterocycles. The molecule has 0 saturated carbocycles. The van der Waals surface area contributed by atoms with Crippen LogP contribution in [0.3, 0.4) is 0 Å². The molecule has 6 heteroatoms. The topological polar surface area (TPSA) is 80.9 Å². The zero-order valence-electron chi connectivity index (χ0n) is 12.6. The highest BCUT2D eigenvalue weighted by Crippen LogP contribution is 2.10. The Balaban J connectivity index is 2.29. The van der Waals surface area contributed by atoms with Gasteiger partial charge in [0.2, 0.25) is 0 Å². The predicted octanol–water partition coefficient (Wildman–Crippen LogP) is 2.69. The quantitative estimate of drug-likeness (QED) is 0.631. The van der Waals surface area contributed by atoms with Crippen molar-refractivity contribution in [1.29, 1.82) is 0 Å². The highest BCUT2D eigenvalue weighted by Gasteiger charge is 2.12. The molecular formula is C14H26N4O2. The minimum atomic E-state index is -0.775. The summed E-state index contributed by atoms with van der Waals surface area (Å²) in [6.07, 6.45) is 8.47. The van der Waals surface area contributed by atoms with Gasteiger partial charge < -0.3 is 5.11 Å². The molecule has 1 unspecified atom stereocenters. The second-order valence-corrected chi connectivity index (χ2v) is 5.50. The largest absolute Gasteiger partial charge is 0.481 e. The fourth-order valence-electron chi connectivity index (χ4n) is 2.27. The van der Waals surface area contributed by atoms with Gasteiger partial charge in [-0.15, -0.1) is 5.10 Å². The lowest BCUT2D eigenvalue weighted by Crippen LogP contribution is -2.15. The van der Waals surface area contributed by atoms with Crippen LogP contribution in [0.4, 0.5) is 0 Å². The Kier molecular flexibility index (Phi) is 7.84. The van der Waals surface area contributed by atoms with Crippen molar-refractivity contribution < 1.29 is 9.90 Å². The average molecular weight is 282 g/mol. The molecule has 20 heavy (non-hydrogen) atoms. The fourth-order valence-corrected chi connectivity index (χ4v) is 2.27. The van der Waals surface area contributed by atoms with Crippen molar-refractivity contribution >= 4 is 5.97 Å². The smallest absolute Gasteiger partial charge is 0.303 e. The first-order valence-electron chi connectivity index (χ1n) is 7.60. The number of aromatic nitrogens is 4. The number of aliphatic carboxylic acids is 1. The summed E-state index contributed by atoms with van der Waals surface area (Å²) in [5.41, 5.74) is 0. The van der Waals surface area contributed by atoms with Gasteiger partial charge in [0.15, 0.2) is 5.82 Å². The van der Waals surface area contributed by atoms with Gasteiger partial charge in [-0.1, -0.05) is 46.0 Å². The van der Waals surface area contributed by atoms with E-state index in [-0.39, 0.29) is 12.3 Å². The van der Waals surface area contributed by atoms with E-state index < -0.39 is 5.97 Å². The van der Waals surface area contributed by atoms with Crippen LogP contribution in [-0.2, 0) is 17.8 Å². The van der Waals surface area contributed by atoms with Crippen LogP contribution in [0.25, 0.3) is 0 Å². The first kappa shape index (κ1) is 16.6. The SMILES string of the molecule is CCCCCCCCc1nnnn1CC(C)CC(=O)O. The fraction of sp³-hybridized carbons (Fsp3) is 0.857. The molecule has 1 aromatic heterocycles. The lowest BCUT2D eigenvalue weighted by atomic mass is 10.1. The average Bonchev–Trinajstić information content (AvgIpc) is 2.80. The number of tetrazole rings is 1. The molecule has 0 radical (unpaired) electrons. The van der Waals surface area contributed by atoms with Gasteiger partial charge in [-0.25, -0.2) is 4.68 Å². The van der Waals surface area contributed by atoms with E-state index in [0.29, 0.717) is 6.54 Å². The van der Waals surface area contributed by atoms with Crippen LogP contribution in [0, 0.1) is 5.92 Å². The Labute approximate surface area is 120 Å². The van der Waals surface area contributed by atoms with Crippen molar-refractivity contribution in [2.45, 2.75) is 71.8 Å². The van der Waals surface area contributed by atoms with Gasteiger partial charge in [0.25, 0.3) is 0 Å². The zero-order valence-corrected chi connectivity index (χ0v) is 12.6. The summed E-state index contributed by atoms with van der Waals surface area (Å²) in [5, 5.41) is 20.5. The maximum Gasteiger partial charge on any atom is 0.303 e. The number of carboxylic acid groups (broad SMARTS) is 1. The van der Waals surface area contributed by atoms with Crippen LogP contribution in [-0.4, -0.2) is 31.3 Å². The summed E-state index contributed by atoms with van der Waals surface area (Å²) in [5.74, 6) is 0.139. The molecule has 0 spiro atoms. The Morgan fingerprint density at radius 1 is 1.25 bits per heavy atom. The summed E-state index contributed by atoms with van der Waals surface area (Å²) < 4.78 is 1.75. The molecule has 6 nitrogen and oxygen atoms in total. The lowest BCUT2D eigenvalue weighted by molar-refractivity contribution is -0.138. The molecule has 0 aliphatic heterocycles. The highest BCUT2D eigenvalue weighted by atomic mass is 16.4. The second-order valence-electron chi connectivity index (χ2n) is 5.50. The summed E-state index contributed by atoms with van der Waals surface area (Å²) in [6, 6.07) is 0. The number of carbonyl (C=O) groups is 1. The van der Waals surface area contributed by atoms with Crippen LogP contribution in [0.1, 0.15) is 64.6 Å². The Hall–Kier alpha value is -1.46. The van der Waals surface area contributed by atoms with Gasteiger partial charge in [0, 0.05) is 19.4 Å². The zero-order chi connectivity index (χ0) is 14.8. The lowest BCUT2D eigenvalue weighted by Gasteiger charge is -2.09. The van der Waals surface area contributed by atoms with Gasteiger partial charge in [-0.05, 0) is 22.8 Å². The Bertz CT molecular complexity index is 392. The first-order chi connectivity index (χ1) is 9.63. The standard InChI is InChI=1S/C14H26N4O2/c1-3-4-5-6-7-8-9-13-15-16-17-18(13)11-12(2)10-14(19)20/h12H,3-11H2,1-2H3,(H,19,20). The molecule has 0 aromatic carbocycles. The maximum absolute atomic E-state index is 10.7. The molecule has 0 bridgehead atoms. The predicted molar refractivity (Wildman–Crippen MR) is 76.3 cm³/mol. The number of rotatable bonds is 11. The minimum Gasteiger partial charge on any atom is -0.481 e. The molecule has 1 atom stereocenters. The third kappa shape index (κ3) is 6.63. The molecule has 0 aliphatic carbocycles. The molecule has 114 valence electrons. The summed E-state index contributed by atoms with van der Waals surface area (Å²) >= 11 is 0. The van der Waals surface area contributed by atoms with E-state index in [1.54, 1.807) is 4.68 Å². The second kappa shape index (κ2) is 9.44. The van der Waals surface area contributed by atoms with E-state index in [1.165, 1.54) is 32.1 Å². The molecule has 1 N–H and O–H groups in total. The van der Waals surface area contributed by atoms with E-state index >= 15 is 0 Å². The molecule has 1 heterocycles. The van der Waals surface area contributed by atoms with Crippen LogP contribution >= 0.6 is 0 Å². The minimum absolute atomic E-state index is 0.0410. The van der Waals surface area contributed by atoms with Gasteiger partial charge in [-0.3, -0.25) is 4.79 Å². The van der Waals surface area contributed by atoms with Crippen LogP contribution in [0.2, 0.25) is 0 Å². The molecule has 0 amide bonds. The first-order valence-corrected chi connectivity index (χ1v) is 7.60. The summed E-state index contributed by atoms with van der Waals surface area (Å²) in [6.45, 7) is 4.70. The molecular weight excluding hydrogens is 256 g/mol. The van der Waals surface area contributed by atoms with E-state index in [2.05, 4.69) is 22.4 Å². The third-order valence-corrected chi connectivity index (χ3v) is 3.37. The van der Waals surface area contributed by atoms with E-state index in [4.69, 9.17) is 5.11 Å². The van der Waals surface area contributed by atoms with Crippen molar-refractivity contribution in [2.24, 2.45) is 5.92 Å². The van der Waals surface area contributed by atoms with Gasteiger partial charge >= 0.3 is 5.97 Å². The van der Waals surface area contributed by atoms with Gasteiger partial charge in [0.05, 0.1) is 0 Å². The van der Waals surface area contributed by atoms with Crippen LogP contribution in [0.15, 0.2) is 0 Å². The number of hydrogen-bond acceptors (Lipinski definition) is 4. The number of unbranched alkanes of at least 4 members (excludes halogenated alkanes) is 5. The van der Waals surface area contributed by atoms with Crippen LogP contribution in [0.5, 0.6) is 0 Å². The monoisotopic (exact) mass is 282 g/mol. The van der Waals surface area contributed by atoms with Crippen molar-refractivity contribution in [1.82, 2.24) is 20.2 Å². The van der Waals surface area contributed by atoms with E-state index in [9.17, 15) is 4.79 Å². The number of nitrogens with zero attached hydrogens (tertiary/aromatic N) is 4. The number of carboxylic acids is 1. The number of hydrogen-bond donors (Lipinski definition) is 1. The summed E-state index contributed by atoms with van der Waals surface area (Å²) in [7, 11) is 0. The van der Waals surface area contributed by atoms with Crippen molar-refractivity contribution in [2.75, 3.05) is 0 Å². The van der Waals surface area contributed by atoms with Crippen molar-refractivity contribution in [3.8, 4) is 0 Å². The van der Waals surface area contributed by atoms with E-state index in [1.807, 2.05) is 6.92 Å². The normalized spacial score (nSPS) is 12.5. The highest BCUT2D eigenvalue weighted by molar-refractivity contribution is 5.66. The van der Waals surface area contributed by atoms with Crippen molar-refractivity contribution in [3.63, 3.8) is 0 Å². The molecule has 1 rings (SSSR count). The molecule has 1 aromatic rings. The Morgan fingerprint density at radius 2 is 1.95 bits per heavy atom. The van der Waals surface area contributed by atoms with E-state index in [0.717, 1.165) is 18.7 Å². The molecule has 0 aliphatic rings. The molecule has 0 fully saturated rings. The summed E-state index contributed by atoms with van der Waals surface area (Å²) in [4.78, 5) is 10.7. The third-order valence-electron chi connectivity index (χ3n) is 3.37. The maximum atomic E-state index is 10.7. The Morgan fingerprint density at radius 3 is 2.65 bits per heavy atom. The van der Waals surface area contributed by atoms with Crippen molar-refractivity contribution in [3.05, 3.63) is 5.82 Å². The number of aryl methyl sites for hydroxylation is 1. The van der Waals surface area contributed by atoms with Gasteiger partial charge in [0.1, 0.15) is 0 Å². The van der Waals surface area contributed by atoms with Gasteiger partial charge in [-0.2, -0.15) is 0 Å². The van der Waals surface area contributed by atoms with Crippen LogP contribution < -0.4 is 0 Å².